The van der Waals surface area contributed by atoms with E-state index in [1.807, 2.05) is 68.4 Å². The molecule has 0 aromatic heterocycles. The predicted molar refractivity (Wildman–Crippen MR) is 126 cm³/mol. The minimum atomic E-state index is 0. The molecule has 0 heterocycles. The van der Waals surface area contributed by atoms with E-state index in [0.717, 1.165) is 16.8 Å². The van der Waals surface area contributed by atoms with E-state index in [9.17, 15) is 0 Å². The lowest BCUT2D eigenvalue weighted by molar-refractivity contribution is 0.471. The van der Waals surface area contributed by atoms with E-state index in [0.29, 0.717) is 12.3 Å². The monoisotopic (exact) mass is 384 g/mol. The zero-order valence-corrected chi connectivity index (χ0v) is 16.1. The number of aryl methyl sites for hydroxylation is 3. The lowest BCUT2D eigenvalue weighted by atomic mass is 10.1. The molecule has 0 bridgehead atoms. The van der Waals surface area contributed by atoms with E-state index in [-0.39, 0.29) is 14.9 Å². The number of nitrogen functional groups attached to an aromatic ring is 1. The number of phenols is 1. The summed E-state index contributed by atoms with van der Waals surface area (Å²) in [5.41, 5.74) is 10.9. The normalized spacial score (nSPS) is 9.39. The number of benzene rings is 3. The first-order valence-corrected chi connectivity index (χ1v) is 8.61. The topological polar surface area (TPSA) is 58.3 Å². The summed E-state index contributed by atoms with van der Waals surface area (Å²) in [5, 5.41) is 10.4. The SMILES string of the molecule is C.C.Cc1ccccc1N.Cc1ccccc1O.[3H]N(C)Cc1ccccc1C. The number of para-hydroxylation sites is 2. The molecule has 0 amide bonds. The van der Waals surface area contributed by atoms with Gasteiger partial charge in [-0.25, -0.2) is 0 Å². The molecule has 0 aliphatic rings. The zero-order valence-electron chi connectivity index (χ0n) is 17.1. The Labute approximate surface area is 173 Å². The van der Waals surface area contributed by atoms with Gasteiger partial charge in [-0.3, -0.25) is 0 Å². The molecule has 154 valence electrons. The van der Waals surface area contributed by atoms with Crippen LogP contribution in [0.3, 0.4) is 0 Å². The van der Waals surface area contributed by atoms with Gasteiger partial charge in [0.2, 0.25) is 0 Å². The van der Waals surface area contributed by atoms with Gasteiger partial charge in [-0.1, -0.05) is 75.5 Å². The Morgan fingerprint density at radius 2 is 1.25 bits per heavy atom. The molecular formula is C25H38N2O. The molecule has 0 aliphatic heterocycles. The van der Waals surface area contributed by atoms with Crippen LogP contribution in [0.15, 0.2) is 72.8 Å². The highest BCUT2D eigenvalue weighted by Crippen LogP contribution is 2.12. The Kier molecular flexibility index (Phi) is 13.8. The molecular weight excluding hydrogens is 344 g/mol. The molecule has 0 saturated heterocycles. The first-order chi connectivity index (χ1) is 12.8. The minimum Gasteiger partial charge on any atom is -0.508 e. The van der Waals surface area contributed by atoms with Crippen LogP contribution in [0.2, 0.25) is 1.41 Å². The second-order valence-corrected chi connectivity index (χ2v) is 6.04. The van der Waals surface area contributed by atoms with Crippen LogP contribution in [-0.2, 0) is 6.54 Å². The van der Waals surface area contributed by atoms with Gasteiger partial charge in [0.05, 0.1) is 0 Å². The van der Waals surface area contributed by atoms with E-state index < -0.39 is 0 Å². The Morgan fingerprint density at radius 1 is 0.786 bits per heavy atom. The van der Waals surface area contributed by atoms with E-state index in [1.165, 1.54) is 16.4 Å². The van der Waals surface area contributed by atoms with Crippen molar-refractivity contribution >= 4 is 5.69 Å². The minimum absolute atomic E-state index is 0. The average Bonchev–Trinajstić information content (AvgIpc) is 2.63. The summed E-state index contributed by atoms with van der Waals surface area (Å²) in [7, 11) is 1.76. The first kappa shape index (κ1) is 25.2. The second kappa shape index (κ2) is 15.3. The molecule has 0 atom stereocenters. The van der Waals surface area contributed by atoms with Crippen LogP contribution in [-0.4, -0.2) is 12.2 Å². The summed E-state index contributed by atoms with van der Waals surface area (Å²) in [6.45, 7) is 6.64. The molecule has 3 heteroatoms. The molecule has 3 rings (SSSR count). The van der Waals surface area contributed by atoms with Crippen LogP contribution in [0.4, 0.5) is 5.69 Å². The molecule has 3 nitrogen and oxygen atoms in total. The summed E-state index contributed by atoms with van der Waals surface area (Å²) in [6, 6.07) is 23.2. The van der Waals surface area contributed by atoms with E-state index in [1.54, 1.807) is 13.1 Å². The molecule has 0 spiro atoms. The first-order valence-electron chi connectivity index (χ1n) is 9.06. The standard InChI is InChI=1S/C9H13N.C7H9N.C7H8O.2CH4/c1-8-5-3-4-6-9(8)7-10-2;2*1-6-4-2-3-5-7(6)8;;/h3-6,10H,7H2,1-2H3;2-5H,8H2,1H3;2-5,8H,1H3;2*1H4/i/hT. The number of hydrogen-bond donors (Lipinski definition) is 3. The third kappa shape index (κ3) is 10.4. The van der Waals surface area contributed by atoms with Crippen LogP contribution in [0.5, 0.6) is 5.75 Å². The van der Waals surface area contributed by atoms with Gasteiger partial charge in [0.1, 0.15) is 7.16 Å². The molecule has 0 aliphatic carbocycles. The van der Waals surface area contributed by atoms with Crippen molar-refractivity contribution < 1.29 is 6.52 Å². The fourth-order valence-electron chi connectivity index (χ4n) is 2.11. The Hall–Kier alpha value is -2.78. The van der Waals surface area contributed by atoms with Crippen LogP contribution < -0.4 is 11.0 Å². The van der Waals surface area contributed by atoms with Crippen LogP contribution >= 0.6 is 0 Å². The Morgan fingerprint density at radius 3 is 1.61 bits per heavy atom. The highest BCUT2D eigenvalue weighted by atomic mass is 16.3. The summed E-state index contributed by atoms with van der Waals surface area (Å²) in [6.07, 6.45) is 0. The molecule has 0 saturated carbocycles. The van der Waals surface area contributed by atoms with Crippen molar-refractivity contribution in [1.29, 1.82) is 0 Å². The summed E-state index contributed by atoms with van der Waals surface area (Å²) in [4.78, 5) is 0. The molecule has 4 N–H and O–H groups in total. The molecule has 3 aromatic carbocycles. The number of rotatable bonds is 2. The maximum Gasteiger partial charge on any atom is 0.122 e. The lowest BCUT2D eigenvalue weighted by Gasteiger charge is -2.02. The Bertz CT molecular complexity index is 734. The van der Waals surface area contributed by atoms with Gasteiger partial charge in [0.15, 0.2) is 0 Å². The summed E-state index contributed by atoms with van der Waals surface area (Å²) < 4.78 is 7.25. The van der Waals surface area contributed by atoms with Crippen molar-refractivity contribution in [3.63, 3.8) is 0 Å². The lowest BCUT2D eigenvalue weighted by Crippen LogP contribution is -2.05. The van der Waals surface area contributed by atoms with Gasteiger partial charge in [-0.15, -0.1) is 0 Å². The second-order valence-electron chi connectivity index (χ2n) is 6.04. The van der Waals surface area contributed by atoms with E-state index in [4.69, 9.17) is 12.3 Å². The largest absolute Gasteiger partial charge is 0.508 e. The number of phenolic OH excluding ortho intramolecular Hbond substituents is 1. The molecule has 3 aromatic rings. The molecule has 0 radical (unpaired) electrons. The molecule has 28 heavy (non-hydrogen) atoms. The molecule has 0 unspecified atom stereocenters. The number of nitrogens with two attached hydrogens (primary N) is 1. The Balaban J connectivity index is 0. The third-order valence-corrected chi connectivity index (χ3v) is 3.89. The zero-order chi connectivity index (χ0) is 20.2. The maximum absolute atomic E-state index is 8.92. The van der Waals surface area contributed by atoms with Gasteiger partial charge in [0.25, 0.3) is 0 Å². The quantitative estimate of drug-likeness (QED) is 0.457. The fraction of sp³-hybridized carbons (Fsp3) is 0.280. The van der Waals surface area contributed by atoms with Crippen molar-refractivity contribution in [2.75, 3.05) is 12.8 Å². The van der Waals surface area contributed by atoms with E-state index >= 15 is 0 Å². The van der Waals surface area contributed by atoms with Gasteiger partial charge in [-0.2, -0.15) is 0 Å². The van der Waals surface area contributed by atoms with Crippen molar-refractivity contribution in [3.05, 3.63) is 95.1 Å². The van der Waals surface area contributed by atoms with Gasteiger partial charge in [0, 0.05) is 12.2 Å². The van der Waals surface area contributed by atoms with Gasteiger partial charge >= 0.3 is 0 Å². The van der Waals surface area contributed by atoms with Gasteiger partial charge in [-0.05, 0) is 62.2 Å². The number of anilines is 1. The average molecular weight is 385 g/mol. The van der Waals surface area contributed by atoms with Crippen molar-refractivity contribution in [3.8, 4) is 5.75 Å². The highest BCUT2D eigenvalue weighted by Gasteiger charge is 1.92. The number of hydrogen-bond acceptors (Lipinski definition) is 3. The third-order valence-electron chi connectivity index (χ3n) is 3.89. The number of nitrogens with one attached hydrogen (secondary N) is 1. The van der Waals surface area contributed by atoms with Crippen molar-refractivity contribution in [1.82, 2.24) is 5.31 Å². The van der Waals surface area contributed by atoms with Crippen molar-refractivity contribution in [2.24, 2.45) is 0 Å². The van der Waals surface area contributed by atoms with Crippen LogP contribution in [0.25, 0.3) is 0 Å². The fourth-order valence-corrected chi connectivity index (χ4v) is 2.11. The summed E-state index contributed by atoms with van der Waals surface area (Å²) >= 11 is 0. The van der Waals surface area contributed by atoms with Crippen molar-refractivity contribution in [2.45, 2.75) is 42.2 Å². The van der Waals surface area contributed by atoms with Crippen LogP contribution in [0, 0.1) is 20.8 Å². The highest BCUT2D eigenvalue weighted by molar-refractivity contribution is 5.44. The smallest absolute Gasteiger partial charge is 0.122 e. The van der Waals surface area contributed by atoms with Crippen LogP contribution in [0.1, 0.15) is 37.1 Å². The van der Waals surface area contributed by atoms with E-state index in [2.05, 4.69) is 19.1 Å². The van der Waals surface area contributed by atoms with Gasteiger partial charge < -0.3 is 16.2 Å². The summed E-state index contributed by atoms with van der Waals surface area (Å²) in [5.74, 6) is 0.368. The predicted octanol–water partition coefficient (Wildman–Crippen LogP) is 6.26. The molecule has 0 fully saturated rings. The number of aromatic hydroxyl groups is 1. The maximum atomic E-state index is 8.92.